The quantitative estimate of drug-likeness (QED) is 0.582. The van der Waals surface area contributed by atoms with E-state index in [0.29, 0.717) is 16.8 Å². The van der Waals surface area contributed by atoms with E-state index in [4.69, 9.17) is 4.74 Å². The van der Waals surface area contributed by atoms with Gasteiger partial charge in [-0.1, -0.05) is 24.3 Å². The monoisotopic (exact) mass is 412 g/mol. The Morgan fingerprint density at radius 3 is 2.63 bits per heavy atom. The molecule has 2 aromatic carbocycles. The summed E-state index contributed by atoms with van der Waals surface area (Å²) in [7, 11) is 1.30. The van der Waals surface area contributed by atoms with Gasteiger partial charge >= 0.3 is 12.1 Å². The fraction of sp³-hybridized carbons (Fsp3) is 0.227. The highest BCUT2D eigenvalue weighted by molar-refractivity contribution is 5.90. The fourth-order valence-corrected chi connectivity index (χ4v) is 3.01. The number of amides is 2. The van der Waals surface area contributed by atoms with Crippen molar-refractivity contribution in [3.05, 3.63) is 59.9 Å². The lowest BCUT2D eigenvalue weighted by Crippen LogP contribution is -2.33. The van der Waals surface area contributed by atoms with E-state index in [-0.39, 0.29) is 19.0 Å². The topological polar surface area (TPSA) is 84.9 Å². The van der Waals surface area contributed by atoms with Gasteiger partial charge in [-0.2, -0.15) is 0 Å². The van der Waals surface area contributed by atoms with Crippen molar-refractivity contribution in [2.45, 2.75) is 13.0 Å². The Bertz CT molecular complexity index is 988. The number of hydrogen-bond acceptors (Lipinski definition) is 5. The molecule has 8 heteroatoms. The smallest absolute Gasteiger partial charge is 0.414 e. The number of benzene rings is 2. The van der Waals surface area contributed by atoms with Crippen molar-refractivity contribution in [3.63, 3.8) is 0 Å². The maximum Gasteiger partial charge on any atom is 0.414 e. The minimum Gasteiger partial charge on any atom is -0.466 e. The van der Waals surface area contributed by atoms with Crippen LogP contribution in [-0.2, 0) is 19.1 Å². The number of anilines is 1. The van der Waals surface area contributed by atoms with E-state index < -0.39 is 24.0 Å². The number of esters is 1. The zero-order valence-corrected chi connectivity index (χ0v) is 16.6. The second kappa shape index (κ2) is 9.21. The van der Waals surface area contributed by atoms with Crippen LogP contribution in [0.25, 0.3) is 17.2 Å². The summed E-state index contributed by atoms with van der Waals surface area (Å²) in [6, 6.07) is 11.5. The standard InChI is InChI=1S/C22H21FN2O5/c1-14(26)24-12-18-13-25(22(28)30-18)17-8-9-19(20(23)11-17)16-6-3-15(4-7-16)5-10-21(27)29-2/h3-11,18H,12-13H2,1-2H3,(H,24,26). The molecular formula is C22H21FN2O5. The van der Waals surface area contributed by atoms with Crippen LogP contribution in [0, 0.1) is 5.82 Å². The van der Waals surface area contributed by atoms with E-state index in [1.54, 1.807) is 42.5 Å². The molecule has 0 spiro atoms. The third kappa shape index (κ3) is 5.02. The third-order valence-corrected chi connectivity index (χ3v) is 4.55. The van der Waals surface area contributed by atoms with Crippen molar-refractivity contribution in [2.75, 3.05) is 25.1 Å². The van der Waals surface area contributed by atoms with Gasteiger partial charge in [0.2, 0.25) is 5.91 Å². The lowest BCUT2D eigenvalue weighted by Gasteiger charge is -2.14. The summed E-state index contributed by atoms with van der Waals surface area (Å²) in [5, 5.41) is 2.60. The van der Waals surface area contributed by atoms with Crippen molar-refractivity contribution in [1.82, 2.24) is 5.32 Å². The third-order valence-electron chi connectivity index (χ3n) is 4.55. The van der Waals surface area contributed by atoms with Crippen molar-refractivity contribution in [3.8, 4) is 11.1 Å². The number of cyclic esters (lactones) is 1. The van der Waals surface area contributed by atoms with Crippen LogP contribution in [-0.4, -0.2) is 44.3 Å². The molecule has 1 unspecified atom stereocenters. The first-order valence-electron chi connectivity index (χ1n) is 9.26. The van der Waals surface area contributed by atoms with Gasteiger partial charge in [-0.3, -0.25) is 9.69 Å². The molecule has 0 bridgehead atoms. The molecule has 1 aliphatic heterocycles. The molecule has 30 heavy (non-hydrogen) atoms. The molecular weight excluding hydrogens is 391 g/mol. The molecule has 2 amide bonds. The molecule has 156 valence electrons. The fourth-order valence-electron chi connectivity index (χ4n) is 3.01. The summed E-state index contributed by atoms with van der Waals surface area (Å²) >= 11 is 0. The second-order valence-electron chi connectivity index (χ2n) is 6.70. The van der Waals surface area contributed by atoms with Crippen LogP contribution < -0.4 is 10.2 Å². The maximum absolute atomic E-state index is 14.8. The average Bonchev–Trinajstić information content (AvgIpc) is 3.11. The summed E-state index contributed by atoms with van der Waals surface area (Å²) in [6.45, 7) is 1.80. The first-order valence-corrected chi connectivity index (χ1v) is 9.26. The second-order valence-corrected chi connectivity index (χ2v) is 6.70. The summed E-state index contributed by atoms with van der Waals surface area (Å²) < 4.78 is 24.5. The molecule has 1 atom stereocenters. The van der Waals surface area contributed by atoms with E-state index in [2.05, 4.69) is 10.1 Å². The summed E-state index contributed by atoms with van der Waals surface area (Å²) in [6.07, 6.45) is 1.83. The zero-order chi connectivity index (χ0) is 21.7. The summed E-state index contributed by atoms with van der Waals surface area (Å²) in [5.74, 6) is -1.16. The lowest BCUT2D eigenvalue weighted by atomic mass is 10.0. The molecule has 1 fully saturated rings. The zero-order valence-electron chi connectivity index (χ0n) is 16.6. The van der Waals surface area contributed by atoms with Gasteiger partial charge in [-0.15, -0.1) is 0 Å². The molecule has 0 radical (unpaired) electrons. The van der Waals surface area contributed by atoms with Gasteiger partial charge < -0.3 is 14.8 Å². The van der Waals surface area contributed by atoms with Gasteiger partial charge in [0, 0.05) is 18.6 Å². The number of hydrogen-bond donors (Lipinski definition) is 1. The number of ether oxygens (including phenoxy) is 2. The highest BCUT2D eigenvalue weighted by atomic mass is 19.1. The van der Waals surface area contributed by atoms with Crippen molar-refractivity contribution >= 4 is 29.7 Å². The molecule has 3 rings (SSSR count). The molecule has 1 saturated heterocycles. The Morgan fingerprint density at radius 1 is 1.27 bits per heavy atom. The lowest BCUT2D eigenvalue weighted by molar-refractivity contribution is -0.134. The molecule has 1 heterocycles. The van der Waals surface area contributed by atoms with Crippen LogP contribution in [0.3, 0.4) is 0 Å². The molecule has 0 saturated carbocycles. The molecule has 1 N–H and O–H groups in total. The van der Waals surface area contributed by atoms with Crippen molar-refractivity contribution < 1.29 is 28.2 Å². The number of rotatable bonds is 6. The van der Waals surface area contributed by atoms with E-state index >= 15 is 0 Å². The number of carbonyl (C=O) groups excluding carboxylic acids is 3. The average molecular weight is 412 g/mol. The van der Waals surface area contributed by atoms with Crippen LogP contribution in [0.2, 0.25) is 0 Å². The predicted molar refractivity (Wildman–Crippen MR) is 109 cm³/mol. The van der Waals surface area contributed by atoms with Crippen LogP contribution in [0.4, 0.5) is 14.9 Å². The first kappa shape index (κ1) is 21.0. The Hall–Kier alpha value is -3.68. The number of carbonyl (C=O) groups is 3. The summed E-state index contributed by atoms with van der Waals surface area (Å²) in [4.78, 5) is 35.6. The minimum atomic E-state index is -0.584. The molecule has 1 aliphatic rings. The molecule has 0 aliphatic carbocycles. The van der Waals surface area contributed by atoms with Gasteiger partial charge in [0.25, 0.3) is 0 Å². The van der Waals surface area contributed by atoms with E-state index in [0.717, 1.165) is 5.56 Å². The van der Waals surface area contributed by atoms with E-state index in [9.17, 15) is 18.8 Å². The Morgan fingerprint density at radius 2 is 2.00 bits per heavy atom. The Balaban J connectivity index is 1.72. The molecule has 7 nitrogen and oxygen atoms in total. The van der Waals surface area contributed by atoms with Crippen LogP contribution in [0.15, 0.2) is 48.5 Å². The predicted octanol–water partition coefficient (Wildman–Crippen LogP) is 3.14. The number of nitrogens with zero attached hydrogens (tertiary/aromatic N) is 1. The largest absolute Gasteiger partial charge is 0.466 e. The van der Waals surface area contributed by atoms with Crippen LogP contribution in [0.1, 0.15) is 12.5 Å². The molecule has 0 aromatic heterocycles. The SMILES string of the molecule is COC(=O)C=Cc1ccc(-c2ccc(N3CC(CNC(C)=O)OC3=O)cc2F)cc1. The van der Waals surface area contributed by atoms with Crippen LogP contribution >= 0.6 is 0 Å². The maximum atomic E-state index is 14.8. The number of methoxy groups -OCH3 is 1. The number of halogens is 1. The van der Waals surface area contributed by atoms with Gasteiger partial charge in [0.05, 0.1) is 25.9 Å². The Kier molecular flexibility index (Phi) is 6.46. The molecule has 2 aromatic rings. The summed E-state index contributed by atoms with van der Waals surface area (Å²) in [5.41, 5.74) is 2.18. The number of nitrogens with one attached hydrogen (secondary N) is 1. The van der Waals surface area contributed by atoms with Crippen LogP contribution in [0.5, 0.6) is 0 Å². The van der Waals surface area contributed by atoms with Gasteiger partial charge in [-0.25, -0.2) is 14.0 Å². The first-order chi connectivity index (χ1) is 14.4. The van der Waals surface area contributed by atoms with E-state index in [1.165, 1.54) is 31.1 Å². The van der Waals surface area contributed by atoms with Gasteiger partial charge in [0.15, 0.2) is 0 Å². The highest BCUT2D eigenvalue weighted by Gasteiger charge is 2.32. The van der Waals surface area contributed by atoms with Gasteiger partial charge in [-0.05, 0) is 35.4 Å². The van der Waals surface area contributed by atoms with E-state index in [1.807, 2.05) is 0 Å². The highest BCUT2D eigenvalue weighted by Crippen LogP contribution is 2.29. The normalized spacial score (nSPS) is 15.9. The Labute approximate surface area is 173 Å². The van der Waals surface area contributed by atoms with Crippen molar-refractivity contribution in [1.29, 1.82) is 0 Å². The van der Waals surface area contributed by atoms with Gasteiger partial charge in [0.1, 0.15) is 11.9 Å². The van der Waals surface area contributed by atoms with Crippen molar-refractivity contribution in [2.24, 2.45) is 0 Å². The minimum absolute atomic E-state index is 0.203.